The molecule has 0 saturated carbocycles. The van der Waals surface area contributed by atoms with Gasteiger partial charge in [-0.2, -0.15) is 0 Å². The Morgan fingerprint density at radius 2 is 1.16 bits per heavy atom. The van der Waals surface area contributed by atoms with E-state index >= 15 is 0 Å². The minimum absolute atomic E-state index is 0.0226. The lowest BCUT2D eigenvalue weighted by atomic mass is 9.98. The van der Waals surface area contributed by atoms with Gasteiger partial charge >= 0.3 is 0 Å². The molecule has 13 N–H and O–H groups in total. The van der Waals surface area contributed by atoms with Crippen LogP contribution in [0.15, 0.2) is 39.5 Å². The highest BCUT2D eigenvalue weighted by atomic mass is 16.7. The van der Waals surface area contributed by atoms with E-state index in [2.05, 4.69) is 0 Å². The molecule has 0 amide bonds. The van der Waals surface area contributed by atoms with Crippen molar-refractivity contribution < 1.29 is 104 Å². The van der Waals surface area contributed by atoms with Crippen LogP contribution in [0.25, 0.3) is 22.3 Å². The smallest absolute Gasteiger partial charge is 0.239 e. The summed E-state index contributed by atoms with van der Waals surface area (Å²) in [7, 11) is 1.24. The molecule has 4 heterocycles. The Balaban J connectivity index is 1.32. The van der Waals surface area contributed by atoms with Crippen molar-refractivity contribution in [2.45, 2.75) is 92.1 Å². The number of hydrogen-bond donors (Lipinski definition) is 13. The molecule has 0 bridgehead atoms. The molecule has 6 rings (SSSR count). The second-order valence-corrected chi connectivity index (χ2v) is 13.3. The van der Waals surface area contributed by atoms with Crippen molar-refractivity contribution in [2.24, 2.45) is 0 Å². The van der Waals surface area contributed by atoms with E-state index in [9.17, 15) is 71.2 Å². The summed E-state index contributed by atoms with van der Waals surface area (Å²) in [6, 6.07) is 5.68. The average Bonchev–Trinajstić information content (AvgIpc) is 3.18. The molecule has 0 radical (unpaired) electrons. The molecule has 3 aromatic rings. The second kappa shape index (κ2) is 16.9. The van der Waals surface area contributed by atoms with E-state index in [1.165, 1.54) is 25.3 Å². The van der Waals surface area contributed by atoms with Gasteiger partial charge in [0.2, 0.25) is 23.8 Å². The van der Waals surface area contributed by atoms with Crippen LogP contribution in [0.3, 0.4) is 0 Å². The standard InChI is InChI=1S/C34H42O22/c1-49-14-4-10(2-3-12(14)37)30-31(56-34-29(48)25(44)21(40)17(8-36)54-34)23(42)19-13(38)5-11(6-15(19)52-30)51-33-28(47)26(45)22(41)18(55-33)9-50-32-27(46)24(43)20(39)16(7-35)53-32/h2-6,16-18,20-22,24-29,32-41,43-48H,7-9H2,1H3/t16-,17-,18-,20-,21-,22-,24+,25+,26+,27-,28+,29-,32-,33-,34+/m1/s1. The third-order valence-electron chi connectivity index (χ3n) is 9.62. The van der Waals surface area contributed by atoms with E-state index in [0.717, 1.165) is 12.1 Å². The molecule has 15 atom stereocenters. The van der Waals surface area contributed by atoms with Crippen molar-refractivity contribution in [1.29, 1.82) is 0 Å². The summed E-state index contributed by atoms with van der Waals surface area (Å²) in [6.45, 7) is -2.23. The summed E-state index contributed by atoms with van der Waals surface area (Å²) in [5.74, 6) is -2.64. The Bertz CT molecular complexity index is 1880. The first-order valence-corrected chi connectivity index (χ1v) is 17.1. The molecule has 0 unspecified atom stereocenters. The zero-order valence-electron chi connectivity index (χ0n) is 29.2. The summed E-state index contributed by atoms with van der Waals surface area (Å²) in [5.41, 5.74) is -1.44. The van der Waals surface area contributed by atoms with Crippen molar-refractivity contribution in [2.75, 3.05) is 26.9 Å². The van der Waals surface area contributed by atoms with E-state index in [1.807, 2.05) is 0 Å². The van der Waals surface area contributed by atoms with Crippen LogP contribution < -0.4 is 19.6 Å². The van der Waals surface area contributed by atoms with Crippen molar-refractivity contribution in [3.05, 3.63) is 40.6 Å². The molecule has 22 nitrogen and oxygen atoms in total. The molecule has 22 heteroatoms. The Hall–Kier alpha value is -3.95. The monoisotopic (exact) mass is 802 g/mol. The second-order valence-electron chi connectivity index (χ2n) is 13.3. The van der Waals surface area contributed by atoms with Crippen LogP contribution in [-0.4, -0.2) is 185 Å². The molecule has 2 aromatic carbocycles. The van der Waals surface area contributed by atoms with Crippen LogP contribution in [-0.2, 0) is 18.9 Å². The largest absolute Gasteiger partial charge is 0.507 e. The number of aliphatic hydroxyl groups excluding tert-OH is 11. The van der Waals surface area contributed by atoms with Gasteiger partial charge in [0.25, 0.3) is 0 Å². The molecule has 0 aliphatic carbocycles. The van der Waals surface area contributed by atoms with Crippen LogP contribution in [0.2, 0.25) is 0 Å². The number of benzene rings is 2. The molecule has 56 heavy (non-hydrogen) atoms. The Kier molecular flexibility index (Phi) is 12.6. The normalized spacial score (nSPS) is 36.3. The molecule has 3 saturated heterocycles. The van der Waals surface area contributed by atoms with Gasteiger partial charge in [0.05, 0.1) is 26.9 Å². The van der Waals surface area contributed by atoms with Gasteiger partial charge in [0.15, 0.2) is 23.5 Å². The van der Waals surface area contributed by atoms with Gasteiger partial charge in [0.1, 0.15) is 95.7 Å². The molecule has 3 aliphatic heterocycles. The summed E-state index contributed by atoms with van der Waals surface area (Å²) >= 11 is 0. The van der Waals surface area contributed by atoms with Crippen LogP contribution in [0.4, 0.5) is 0 Å². The van der Waals surface area contributed by atoms with Gasteiger partial charge in [-0.1, -0.05) is 0 Å². The lowest BCUT2D eigenvalue weighted by Crippen LogP contribution is -2.62. The maximum Gasteiger partial charge on any atom is 0.239 e. The first kappa shape index (κ1) is 41.7. The molecule has 1 aromatic heterocycles. The van der Waals surface area contributed by atoms with Crippen LogP contribution in [0, 0.1) is 0 Å². The summed E-state index contributed by atoms with van der Waals surface area (Å²) in [6.07, 6.45) is -26.1. The summed E-state index contributed by atoms with van der Waals surface area (Å²) < 4.78 is 44.3. The number of methoxy groups -OCH3 is 1. The highest BCUT2D eigenvalue weighted by molar-refractivity contribution is 5.88. The van der Waals surface area contributed by atoms with Gasteiger partial charge < -0.3 is 104 Å². The third-order valence-corrected chi connectivity index (χ3v) is 9.62. The topological polar surface area (TPSA) is 358 Å². The first-order valence-electron chi connectivity index (χ1n) is 17.1. The van der Waals surface area contributed by atoms with Crippen LogP contribution in [0.5, 0.6) is 28.7 Å². The van der Waals surface area contributed by atoms with Crippen molar-refractivity contribution in [3.8, 4) is 40.1 Å². The number of ether oxygens (including phenoxy) is 7. The number of phenolic OH excluding ortho intramolecular Hbond substituents is 2. The van der Waals surface area contributed by atoms with E-state index in [0.29, 0.717) is 0 Å². The maximum absolute atomic E-state index is 14.0. The number of fused-ring (bicyclic) bond motifs is 1. The minimum Gasteiger partial charge on any atom is -0.507 e. The Morgan fingerprint density at radius 3 is 1.75 bits per heavy atom. The van der Waals surface area contributed by atoms with Crippen molar-refractivity contribution in [1.82, 2.24) is 0 Å². The fraction of sp³-hybridized carbons (Fsp3) is 0.559. The SMILES string of the molecule is COc1cc(-c2oc3cc(O[C@@H]4O[C@H](CO[C@@H]5O[C@H](CO)[C@@H](O)[C@H](O)[C@H]5O)[C@@H](O)[C@H](O)[C@@H]4O)cc(O)c3c(=O)c2O[C@@H]2O[C@H](CO)[C@@H](O)[C@H](O)[C@H]2O)ccc1O. The van der Waals surface area contributed by atoms with E-state index in [4.69, 9.17) is 37.6 Å². The third kappa shape index (κ3) is 7.83. The van der Waals surface area contributed by atoms with Gasteiger partial charge in [-0.05, 0) is 18.2 Å². The van der Waals surface area contributed by atoms with Crippen molar-refractivity contribution >= 4 is 11.0 Å². The van der Waals surface area contributed by atoms with Gasteiger partial charge in [0, 0.05) is 17.7 Å². The van der Waals surface area contributed by atoms with E-state index in [-0.39, 0.29) is 28.4 Å². The fourth-order valence-corrected chi connectivity index (χ4v) is 6.40. The van der Waals surface area contributed by atoms with Crippen LogP contribution in [0.1, 0.15) is 0 Å². The zero-order valence-corrected chi connectivity index (χ0v) is 29.2. The minimum atomic E-state index is -1.96. The fourth-order valence-electron chi connectivity index (χ4n) is 6.40. The van der Waals surface area contributed by atoms with Crippen molar-refractivity contribution in [3.63, 3.8) is 0 Å². The van der Waals surface area contributed by atoms with E-state index < -0.39 is 140 Å². The molecule has 0 spiro atoms. The molecule has 3 fully saturated rings. The quantitative estimate of drug-likeness (QED) is 0.0863. The zero-order chi connectivity index (χ0) is 40.7. The molecule has 3 aliphatic rings. The number of aromatic hydroxyl groups is 2. The van der Waals surface area contributed by atoms with Gasteiger partial charge in [-0.3, -0.25) is 4.79 Å². The number of aliphatic hydroxyl groups is 11. The lowest BCUT2D eigenvalue weighted by Gasteiger charge is -2.42. The maximum atomic E-state index is 14.0. The Morgan fingerprint density at radius 1 is 0.625 bits per heavy atom. The van der Waals surface area contributed by atoms with Gasteiger partial charge in [-0.15, -0.1) is 0 Å². The molecule has 310 valence electrons. The highest BCUT2D eigenvalue weighted by Crippen LogP contribution is 2.40. The Labute approximate surface area is 314 Å². The first-order chi connectivity index (χ1) is 26.6. The number of hydrogen-bond acceptors (Lipinski definition) is 22. The molecular formula is C34H42O22. The van der Waals surface area contributed by atoms with Crippen LogP contribution >= 0.6 is 0 Å². The number of rotatable bonds is 11. The van der Waals surface area contributed by atoms with E-state index in [1.54, 1.807) is 0 Å². The predicted molar refractivity (Wildman–Crippen MR) is 179 cm³/mol. The summed E-state index contributed by atoms with van der Waals surface area (Å²) in [5, 5.41) is 133. The lowest BCUT2D eigenvalue weighted by molar-refractivity contribution is -0.323. The summed E-state index contributed by atoms with van der Waals surface area (Å²) in [4.78, 5) is 14.0. The number of phenols is 2. The van der Waals surface area contributed by atoms with Gasteiger partial charge in [-0.25, -0.2) is 0 Å². The predicted octanol–water partition coefficient (Wildman–Crippen LogP) is -4.94. The highest BCUT2D eigenvalue weighted by Gasteiger charge is 2.49. The molecular weight excluding hydrogens is 760 g/mol. The average molecular weight is 803 g/mol.